The van der Waals surface area contributed by atoms with E-state index >= 15 is 0 Å². The Bertz CT molecular complexity index is 863. The molecule has 3 heterocycles. The number of hydrogen-bond donors (Lipinski definition) is 1. The van der Waals surface area contributed by atoms with Gasteiger partial charge in [-0.05, 0) is 12.1 Å². The van der Waals surface area contributed by atoms with Crippen LogP contribution < -0.4 is 10.6 Å². The molecule has 6 nitrogen and oxygen atoms in total. The van der Waals surface area contributed by atoms with Crippen LogP contribution >= 0.6 is 0 Å². The fourth-order valence-electron chi connectivity index (χ4n) is 2.80. The van der Waals surface area contributed by atoms with Crippen LogP contribution in [-0.4, -0.2) is 21.7 Å². The van der Waals surface area contributed by atoms with Crippen molar-refractivity contribution in [2.75, 3.05) is 17.2 Å². The number of nitrogens with two attached hydrogens (primary N) is 1. The van der Waals surface area contributed by atoms with Gasteiger partial charge in [0.15, 0.2) is 0 Å². The van der Waals surface area contributed by atoms with Crippen LogP contribution in [0.25, 0.3) is 11.3 Å². The summed E-state index contributed by atoms with van der Waals surface area (Å²) >= 11 is 0. The molecular formula is C16H14FN5O. The van der Waals surface area contributed by atoms with Gasteiger partial charge in [-0.2, -0.15) is 0 Å². The quantitative estimate of drug-likeness (QED) is 0.783. The van der Waals surface area contributed by atoms with E-state index in [0.717, 1.165) is 23.7 Å². The molecule has 0 unspecified atom stereocenters. The molecule has 1 aliphatic rings. The molecule has 2 N–H and O–H groups in total. The molecule has 0 atom stereocenters. The first-order valence-corrected chi connectivity index (χ1v) is 7.27. The number of aromatic nitrogens is 3. The monoisotopic (exact) mass is 311 g/mol. The van der Waals surface area contributed by atoms with Crippen LogP contribution in [0.15, 0.2) is 41.2 Å². The summed E-state index contributed by atoms with van der Waals surface area (Å²) in [4.78, 5) is 10.2. The lowest BCUT2D eigenvalue weighted by Gasteiger charge is -2.27. The number of halogens is 1. The van der Waals surface area contributed by atoms with E-state index < -0.39 is 0 Å². The van der Waals surface area contributed by atoms with Gasteiger partial charge in [-0.1, -0.05) is 17.3 Å². The average molecular weight is 311 g/mol. The molecule has 0 saturated heterocycles. The summed E-state index contributed by atoms with van der Waals surface area (Å²) < 4.78 is 19.5. The van der Waals surface area contributed by atoms with Crippen LogP contribution in [0.1, 0.15) is 11.3 Å². The second kappa shape index (κ2) is 5.35. The van der Waals surface area contributed by atoms with Crippen molar-refractivity contribution < 1.29 is 8.91 Å². The predicted molar refractivity (Wildman–Crippen MR) is 83.1 cm³/mol. The average Bonchev–Trinajstić information content (AvgIpc) is 2.98. The maximum atomic E-state index is 14.1. The molecule has 116 valence electrons. The molecule has 1 aliphatic heterocycles. The number of rotatable bonds is 2. The molecule has 0 radical (unpaired) electrons. The van der Waals surface area contributed by atoms with Gasteiger partial charge in [-0.25, -0.2) is 14.4 Å². The predicted octanol–water partition coefficient (Wildman–Crippen LogP) is 2.42. The van der Waals surface area contributed by atoms with Gasteiger partial charge in [0.25, 0.3) is 0 Å². The molecule has 0 aliphatic carbocycles. The second-order valence-corrected chi connectivity index (χ2v) is 5.39. The van der Waals surface area contributed by atoms with E-state index in [0.29, 0.717) is 30.0 Å². The number of benzene rings is 1. The minimum atomic E-state index is -0.313. The first-order chi connectivity index (χ1) is 11.2. The lowest BCUT2D eigenvalue weighted by molar-refractivity contribution is 0.378. The van der Waals surface area contributed by atoms with E-state index in [9.17, 15) is 4.39 Å². The van der Waals surface area contributed by atoms with Crippen LogP contribution in [-0.2, 0) is 13.0 Å². The highest BCUT2D eigenvalue weighted by Gasteiger charge is 2.26. The normalized spacial score (nSPS) is 13.9. The Morgan fingerprint density at radius 3 is 2.91 bits per heavy atom. The van der Waals surface area contributed by atoms with Gasteiger partial charge in [0.05, 0.1) is 6.54 Å². The minimum absolute atomic E-state index is 0.313. The first kappa shape index (κ1) is 13.7. The third-order valence-corrected chi connectivity index (χ3v) is 3.95. The number of anilines is 2. The van der Waals surface area contributed by atoms with E-state index in [4.69, 9.17) is 10.3 Å². The van der Waals surface area contributed by atoms with Crippen molar-refractivity contribution in [2.45, 2.75) is 13.0 Å². The molecule has 0 spiro atoms. The Labute approximate surface area is 131 Å². The van der Waals surface area contributed by atoms with Crippen molar-refractivity contribution in [3.63, 3.8) is 0 Å². The Hall–Kier alpha value is -2.96. The number of nitrogen functional groups attached to an aromatic ring is 1. The molecule has 7 heteroatoms. The summed E-state index contributed by atoms with van der Waals surface area (Å²) in [6.07, 6.45) is 2.12. The fraction of sp³-hybridized carbons (Fsp3) is 0.188. The molecule has 0 saturated carbocycles. The van der Waals surface area contributed by atoms with Gasteiger partial charge in [-0.3, -0.25) is 0 Å². The fourth-order valence-corrected chi connectivity index (χ4v) is 2.80. The zero-order valence-corrected chi connectivity index (χ0v) is 12.2. The molecule has 3 aromatic rings. The third kappa shape index (κ3) is 2.40. The maximum absolute atomic E-state index is 14.1. The summed E-state index contributed by atoms with van der Waals surface area (Å²) in [5, 5.41) is 4.08. The zero-order valence-electron chi connectivity index (χ0n) is 12.2. The van der Waals surface area contributed by atoms with E-state index in [1.165, 1.54) is 12.4 Å². The zero-order chi connectivity index (χ0) is 15.8. The Kier molecular flexibility index (Phi) is 3.18. The largest absolute Gasteiger partial charge is 0.384 e. The van der Waals surface area contributed by atoms with E-state index in [1.54, 1.807) is 24.3 Å². The third-order valence-electron chi connectivity index (χ3n) is 3.95. The minimum Gasteiger partial charge on any atom is -0.384 e. The molecule has 4 rings (SSSR count). The summed E-state index contributed by atoms with van der Waals surface area (Å²) in [5.74, 6) is 1.64. The Morgan fingerprint density at radius 1 is 1.22 bits per heavy atom. The van der Waals surface area contributed by atoms with Crippen molar-refractivity contribution in [3.05, 3.63) is 53.8 Å². The van der Waals surface area contributed by atoms with Crippen LogP contribution in [0.4, 0.5) is 16.0 Å². The number of fused-ring (bicyclic) bond motifs is 1. The van der Waals surface area contributed by atoms with Crippen LogP contribution in [0.2, 0.25) is 0 Å². The standard InChI is InChI=1S/C16H14FN5O/c17-12-4-2-1-3-10(12)16-11-8-22(6-5-13(11)23-21-16)15-7-14(18)19-9-20-15/h1-4,7,9H,5-6,8H2,(H2,18,19,20). The van der Waals surface area contributed by atoms with Gasteiger partial charge in [0, 0.05) is 30.2 Å². The lowest BCUT2D eigenvalue weighted by atomic mass is 10.0. The van der Waals surface area contributed by atoms with Crippen molar-refractivity contribution in [3.8, 4) is 11.3 Å². The van der Waals surface area contributed by atoms with Crippen LogP contribution in [0, 0.1) is 5.82 Å². The second-order valence-electron chi connectivity index (χ2n) is 5.39. The van der Waals surface area contributed by atoms with E-state index in [2.05, 4.69) is 20.0 Å². The Balaban J connectivity index is 1.72. The highest BCUT2D eigenvalue weighted by atomic mass is 19.1. The van der Waals surface area contributed by atoms with E-state index in [1.807, 2.05) is 0 Å². The van der Waals surface area contributed by atoms with Crippen LogP contribution in [0.5, 0.6) is 0 Å². The van der Waals surface area contributed by atoms with Gasteiger partial charge in [0.2, 0.25) is 0 Å². The molecule has 0 bridgehead atoms. The highest BCUT2D eigenvalue weighted by Crippen LogP contribution is 2.32. The lowest BCUT2D eigenvalue weighted by Crippen LogP contribution is -2.30. The summed E-state index contributed by atoms with van der Waals surface area (Å²) in [6.45, 7) is 1.27. The first-order valence-electron chi connectivity index (χ1n) is 7.27. The molecule has 23 heavy (non-hydrogen) atoms. The highest BCUT2D eigenvalue weighted by molar-refractivity contribution is 5.65. The van der Waals surface area contributed by atoms with Gasteiger partial charge in [0.1, 0.15) is 35.2 Å². The van der Waals surface area contributed by atoms with Gasteiger partial charge in [-0.15, -0.1) is 0 Å². The van der Waals surface area contributed by atoms with Gasteiger partial charge < -0.3 is 15.2 Å². The van der Waals surface area contributed by atoms with Crippen LogP contribution in [0.3, 0.4) is 0 Å². The Morgan fingerprint density at radius 2 is 2.09 bits per heavy atom. The molecule has 0 amide bonds. The number of nitrogens with zero attached hydrogens (tertiary/aromatic N) is 4. The summed E-state index contributed by atoms with van der Waals surface area (Å²) in [6, 6.07) is 8.28. The smallest absolute Gasteiger partial charge is 0.144 e. The topological polar surface area (TPSA) is 81.1 Å². The summed E-state index contributed by atoms with van der Waals surface area (Å²) in [7, 11) is 0. The van der Waals surface area contributed by atoms with E-state index in [-0.39, 0.29) is 5.82 Å². The number of hydrogen-bond acceptors (Lipinski definition) is 6. The maximum Gasteiger partial charge on any atom is 0.144 e. The van der Waals surface area contributed by atoms with Crippen molar-refractivity contribution in [1.82, 2.24) is 15.1 Å². The molecule has 1 aromatic carbocycles. The van der Waals surface area contributed by atoms with Crippen molar-refractivity contribution in [2.24, 2.45) is 0 Å². The van der Waals surface area contributed by atoms with Crippen molar-refractivity contribution in [1.29, 1.82) is 0 Å². The van der Waals surface area contributed by atoms with Crippen molar-refractivity contribution >= 4 is 11.6 Å². The molecule has 0 fully saturated rings. The van der Waals surface area contributed by atoms with Gasteiger partial charge >= 0.3 is 0 Å². The SMILES string of the molecule is Nc1cc(N2CCc3onc(-c4ccccc4F)c3C2)ncn1. The summed E-state index contributed by atoms with van der Waals surface area (Å²) in [5.41, 5.74) is 7.60. The molecule has 2 aromatic heterocycles. The molecular weight excluding hydrogens is 297 g/mol.